The largest absolute Gasteiger partial charge is 0.370 e. The Kier molecular flexibility index (Phi) is 29.4. The van der Waals surface area contributed by atoms with Gasteiger partial charge < -0.3 is 89.6 Å². The Morgan fingerprint density at radius 2 is 0.591 bits per heavy atom. The standard InChI is InChI=1S/C19H21N5O4.C19H21N5O3S.C18H19N5O4.C18H19N5O3S.C16H17N7O4/c20-18(22-10-11-4-2-1-3-5-11)23-19(27)21-8-9-24-16(25)14-12-6-7-13(28-12)15(14)17(24)26;20-18(22-10-11-4-2-1-3-5-11)23-19(28)21-8-9-24-16(25)14-12-6-7-13(27-12)15(14)17(24)26;19-17(21-10-4-2-1-3-5-10)22-18(26)20-8-9-23-15(24)13-11-6-7-12(27-11)14(13)16(23)25;19-17(21-10-4-2-1-3-5-10)22-18(27)20-8-9-23-15(24)13-11-6-7-12(26-11)14(13)16(23)25;17-14(21-15-18-4-1-5-19-15)22-16(26)20-6-7-23-12(24)10-8-2-3-9(27-8)11(10)13(23)25/h1-7,12-15H,8-10H2,(H4,20,21,22,23,27);1-7,12-15H,8-10H2,(H4,20,21,22,23,28);1-7,11-14H,8-9H2,(H4,19,20,21,22,26);1-7,11-14H,8-9H2,(H4,19,20,21,22,27);1-5,8-11H,6-7H2,(H4,17,18,19,20,21,22,26). The summed E-state index contributed by atoms with van der Waals surface area (Å²) < 4.78 is 28.0. The number of nitrogens with zero attached hydrogens (tertiary/aromatic N) is 12. The molecule has 15 aliphatic rings. The summed E-state index contributed by atoms with van der Waals surface area (Å²) in [4.78, 5) is 195. The number of nitrogens with two attached hydrogens (primary N) is 5. The monoisotopic (exact) mass is 1910 g/mol. The first-order valence-electron chi connectivity index (χ1n) is 44.0. The number of aliphatic imine (C=N–C) groups is 5. The van der Waals surface area contributed by atoms with E-state index in [4.69, 9.17) is 76.8 Å². The lowest BCUT2D eigenvalue weighted by Crippen LogP contribution is -2.46. The fourth-order valence-electron chi connectivity index (χ4n) is 18.6. The zero-order valence-electron chi connectivity index (χ0n) is 73.0. The highest BCUT2D eigenvalue weighted by molar-refractivity contribution is 7.80. The Hall–Kier alpha value is -15.3. The number of thiocarbonyl (C=S) groups is 2. The molecule has 20 atom stereocenters. The van der Waals surface area contributed by atoms with Gasteiger partial charge in [0.15, 0.2) is 22.1 Å². The molecule has 16 amide bonds. The van der Waals surface area contributed by atoms with Crippen LogP contribution in [0.5, 0.6) is 0 Å². The molecule has 5 aromatic rings. The Balaban J connectivity index is 0.000000124. The third-order valence-electron chi connectivity index (χ3n) is 24.7. The number of ether oxygens (including phenoxy) is 5. The van der Waals surface area contributed by atoms with E-state index in [0.717, 1.165) is 16.8 Å². The van der Waals surface area contributed by atoms with Gasteiger partial charge in [-0.25, -0.2) is 39.3 Å². The minimum absolute atomic E-state index is 0.0102. The van der Waals surface area contributed by atoms with E-state index in [0.29, 0.717) is 37.0 Å². The average molecular weight is 1910 g/mol. The molecule has 16 heterocycles. The van der Waals surface area contributed by atoms with E-state index in [1.807, 2.05) is 158 Å². The number of guanidine groups is 5. The van der Waals surface area contributed by atoms with Gasteiger partial charge in [0.2, 0.25) is 77.0 Å². The van der Waals surface area contributed by atoms with Crippen LogP contribution >= 0.6 is 24.4 Å². The van der Waals surface area contributed by atoms with Crippen molar-refractivity contribution in [3.8, 4) is 0 Å². The van der Waals surface area contributed by atoms with Crippen LogP contribution in [-0.4, -0.2) is 278 Å². The number of urea groups is 3. The van der Waals surface area contributed by atoms with Crippen LogP contribution in [0.4, 0.5) is 31.7 Å². The third kappa shape index (κ3) is 21.4. The Bertz CT molecular complexity index is 5430. The van der Waals surface area contributed by atoms with E-state index in [1.54, 1.807) is 30.3 Å². The van der Waals surface area contributed by atoms with Gasteiger partial charge in [0.25, 0.3) is 5.95 Å². The predicted molar refractivity (Wildman–Crippen MR) is 498 cm³/mol. The highest BCUT2D eigenvalue weighted by atomic mass is 32.1. The number of carbonyl (C=O) groups is 13. The van der Waals surface area contributed by atoms with E-state index in [1.165, 1.54) is 36.9 Å². The van der Waals surface area contributed by atoms with Crippen LogP contribution in [-0.2, 0) is 84.7 Å². The number of amides is 16. The highest BCUT2D eigenvalue weighted by Gasteiger charge is 2.65. The van der Waals surface area contributed by atoms with Crippen molar-refractivity contribution in [1.82, 2.24) is 82.3 Å². The molecule has 10 saturated heterocycles. The zero-order valence-corrected chi connectivity index (χ0v) is 74.6. The van der Waals surface area contributed by atoms with E-state index < -0.39 is 53.6 Å². The molecule has 0 aliphatic carbocycles. The lowest BCUT2D eigenvalue weighted by atomic mass is 9.85. The predicted octanol–water partition coefficient (Wildman–Crippen LogP) is -1.60. The van der Waals surface area contributed by atoms with Gasteiger partial charge in [-0.15, -0.1) is 0 Å². The van der Waals surface area contributed by atoms with Crippen molar-refractivity contribution >= 4 is 159 Å². The number of fused-ring (bicyclic) bond motifs is 25. The maximum atomic E-state index is 12.5. The summed E-state index contributed by atoms with van der Waals surface area (Å²) >= 11 is 10.3. The van der Waals surface area contributed by atoms with Gasteiger partial charge in [-0.3, -0.25) is 88.4 Å². The molecule has 712 valence electrons. The van der Waals surface area contributed by atoms with Crippen molar-refractivity contribution in [3.05, 3.63) is 212 Å². The summed E-state index contributed by atoms with van der Waals surface area (Å²) in [7, 11) is 0. The number of likely N-dealkylation sites (tertiary alicyclic amines) is 5. The molecule has 20 unspecified atom stereocenters. The number of hydrogen-bond acceptors (Lipinski definition) is 26. The van der Waals surface area contributed by atoms with Crippen LogP contribution in [0.1, 0.15) is 11.1 Å². The molecular formula is C90H97N27O18S2. The van der Waals surface area contributed by atoms with Gasteiger partial charge in [-0.1, -0.05) is 158 Å². The third-order valence-corrected chi connectivity index (χ3v) is 25.1. The van der Waals surface area contributed by atoms with Gasteiger partial charge in [-0.2, -0.15) is 9.98 Å². The van der Waals surface area contributed by atoms with E-state index in [9.17, 15) is 62.3 Å². The smallest absolute Gasteiger partial charge is 0.321 e. The number of nitrogens with one attached hydrogen (secondary N) is 10. The molecule has 1 aromatic heterocycles. The van der Waals surface area contributed by atoms with Gasteiger partial charge in [-0.05, 0) is 65.9 Å². The molecule has 0 radical (unpaired) electrons. The summed E-state index contributed by atoms with van der Waals surface area (Å²) in [6.45, 7) is 2.52. The molecule has 15 aliphatic heterocycles. The minimum Gasteiger partial charge on any atom is -0.370 e. The number of anilines is 1. The molecule has 20 rings (SSSR count). The van der Waals surface area contributed by atoms with Crippen LogP contribution in [0.2, 0.25) is 0 Å². The summed E-state index contributed by atoms with van der Waals surface area (Å²) in [6, 6.07) is 37.4. The molecule has 0 spiro atoms. The van der Waals surface area contributed by atoms with Crippen LogP contribution in [0.15, 0.2) is 226 Å². The summed E-state index contributed by atoms with van der Waals surface area (Å²) in [5, 5.41) is 26.9. The minimum atomic E-state index is -0.614. The maximum Gasteiger partial charge on any atom is 0.321 e. The second-order valence-corrected chi connectivity index (χ2v) is 33.9. The first-order valence-corrected chi connectivity index (χ1v) is 44.8. The lowest BCUT2D eigenvalue weighted by Gasteiger charge is -2.18. The quantitative estimate of drug-likeness (QED) is 0.0122. The second-order valence-electron chi connectivity index (χ2n) is 33.1. The summed E-state index contributed by atoms with van der Waals surface area (Å²) in [6.07, 6.45) is 18.5. The van der Waals surface area contributed by atoms with Gasteiger partial charge in [0.05, 0.1) is 139 Å². The number of carbonyl (C=O) groups excluding carboxylic acids is 13. The SMILES string of the molecule is NC(=NC(=S)NCCN1C(=O)C2C3C=CC(O3)C2C1=O)Nc1ccccc1.NC(=NCc1ccccc1)NC(=O)NCCN1C(=O)C2C3C=CC(O3)C2C1=O.NC(=NCc1ccccc1)NC(=S)NCCN1C(=O)C2C3C=CC(O3)C2C1=O.NC(=Nc1ccccc1)NC(=O)NCCN1C(=O)C2C3C=CC(O3)C2C1=O.NC(=Nc1ncccn1)NC(=O)NCCN1C(=O)C2C3C=CC(O3)C2C1=O. The first-order chi connectivity index (χ1) is 66.2. The highest BCUT2D eigenvalue weighted by Crippen LogP contribution is 2.50. The average Bonchev–Trinajstić information content (AvgIpc) is 1.60. The molecule has 10 fully saturated rings. The van der Waals surface area contributed by atoms with Crippen molar-refractivity contribution in [1.29, 1.82) is 0 Å². The Morgan fingerprint density at radius 3 is 0.912 bits per heavy atom. The molecule has 45 nitrogen and oxygen atoms in total. The van der Waals surface area contributed by atoms with Crippen molar-refractivity contribution in [2.24, 2.45) is 113 Å². The number of hydrogen-bond donors (Lipinski definition) is 15. The van der Waals surface area contributed by atoms with Crippen LogP contribution in [0, 0.1) is 59.2 Å². The lowest BCUT2D eigenvalue weighted by molar-refractivity contribution is -0.143. The van der Waals surface area contributed by atoms with E-state index >= 15 is 0 Å². The second kappa shape index (κ2) is 42.5. The fourth-order valence-corrected chi connectivity index (χ4v) is 19.0. The Morgan fingerprint density at radius 1 is 0.321 bits per heavy atom. The van der Waals surface area contributed by atoms with Crippen LogP contribution in [0.25, 0.3) is 0 Å². The number of aromatic nitrogens is 2. The number of rotatable bonds is 22. The van der Waals surface area contributed by atoms with Crippen LogP contribution in [0.3, 0.4) is 0 Å². The molecule has 10 bridgehead atoms. The molecular weight excluding hydrogens is 1810 g/mol. The number of benzene rings is 4. The fraction of sp³-hybridized carbons (Fsp3) is 0.356. The number of para-hydroxylation sites is 2. The van der Waals surface area contributed by atoms with Crippen molar-refractivity contribution < 1.29 is 86.0 Å². The first kappa shape index (κ1) is 94.9. The normalized spacial score (nSPS) is 28.4. The van der Waals surface area contributed by atoms with Crippen LogP contribution < -0.4 is 81.8 Å². The van der Waals surface area contributed by atoms with Gasteiger partial charge >= 0.3 is 18.1 Å². The molecule has 4 aromatic carbocycles. The zero-order chi connectivity index (χ0) is 96.2. The summed E-state index contributed by atoms with van der Waals surface area (Å²) in [5.74, 6) is -6.12. The van der Waals surface area contributed by atoms with Crippen molar-refractivity contribution in [2.45, 2.75) is 74.1 Å². The molecule has 0 saturated carbocycles. The summed E-state index contributed by atoms with van der Waals surface area (Å²) in [5.41, 5.74) is 32.0. The molecule has 47 heteroatoms. The van der Waals surface area contributed by atoms with E-state index in [-0.39, 0.29) is 237 Å². The van der Waals surface area contributed by atoms with Crippen molar-refractivity contribution in [2.75, 3.05) is 70.8 Å². The van der Waals surface area contributed by atoms with Crippen molar-refractivity contribution in [3.63, 3.8) is 0 Å². The topological polar surface area (TPSA) is 622 Å². The number of imide groups is 5. The van der Waals surface area contributed by atoms with E-state index in [2.05, 4.69) is 88.1 Å². The molecule has 20 N–H and O–H groups in total. The molecule has 137 heavy (non-hydrogen) atoms. The van der Waals surface area contributed by atoms with Gasteiger partial charge in [0.1, 0.15) is 0 Å². The maximum absolute atomic E-state index is 12.5. The van der Waals surface area contributed by atoms with Gasteiger partial charge in [0, 0.05) is 83.5 Å². The Labute approximate surface area is 792 Å².